The monoisotopic (exact) mass is 126 g/mol. The Hall–Kier alpha value is -0.330. The predicted molar refractivity (Wildman–Crippen MR) is 37.2 cm³/mol. The van der Waals surface area contributed by atoms with E-state index in [1.807, 2.05) is 20.8 Å². The van der Waals surface area contributed by atoms with Crippen molar-refractivity contribution >= 4 is 5.78 Å². The van der Waals surface area contributed by atoms with Gasteiger partial charge in [-0.3, -0.25) is 4.79 Å². The molecule has 0 bridgehead atoms. The molecule has 0 spiro atoms. The molecule has 1 saturated carbocycles. The number of ketones is 1. The molecule has 1 nitrogen and oxygen atoms in total. The lowest BCUT2D eigenvalue weighted by Gasteiger charge is -2.15. The molecule has 0 atom stereocenters. The molecule has 0 heterocycles. The van der Waals surface area contributed by atoms with Gasteiger partial charge in [0.1, 0.15) is 5.78 Å². The molecule has 0 N–H and O–H groups in total. The number of carbonyl (C=O) groups is 1. The Bertz CT molecular complexity index is 126. The van der Waals surface area contributed by atoms with E-state index in [0.29, 0.717) is 11.7 Å². The Labute approximate surface area is 56.4 Å². The van der Waals surface area contributed by atoms with Crippen LogP contribution >= 0.6 is 0 Å². The fourth-order valence-electron chi connectivity index (χ4n) is 0.958. The molecule has 9 heavy (non-hydrogen) atoms. The number of carbonyl (C=O) groups excluding carboxylic acids is 1. The van der Waals surface area contributed by atoms with Crippen LogP contribution in [0.1, 0.15) is 33.6 Å². The van der Waals surface area contributed by atoms with Gasteiger partial charge < -0.3 is 0 Å². The highest BCUT2D eigenvalue weighted by molar-refractivity contribution is 5.87. The number of hydrogen-bond donors (Lipinski definition) is 0. The van der Waals surface area contributed by atoms with Crippen LogP contribution in [0.15, 0.2) is 0 Å². The maximum absolute atomic E-state index is 11.2. The van der Waals surface area contributed by atoms with E-state index in [1.54, 1.807) is 0 Å². The molecule has 0 aromatic rings. The van der Waals surface area contributed by atoms with Crippen LogP contribution in [0.2, 0.25) is 0 Å². The Morgan fingerprint density at radius 3 is 1.89 bits per heavy atom. The molecule has 0 unspecified atom stereocenters. The average Bonchev–Trinajstić information content (AvgIpc) is 2.40. The van der Waals surface area contributed by atoms with E-state index >= 15 is 0 Å². The van der Waals surface area contributed by atoms with Gasteiger partial charge >= 0.3 is 0 Å². The van der Waals surface area contributed by atoms with Gasteiger partial charge in [0, 0.05) is 11.3 Å². The van der Waals surface area contributed by atoms with Gasteiger partial charge in [0.15, 0.2) is 0 Å². The largest absolute Gasteiger partial charge is 0.299 e. The molecule has 52 valence electrons. The standard InChI is InChI=1S/C8H14O/c1-8(2,3)7(9)6-4-5-6/h6H,4-5H2,1-3H3. The SMILES string of the molecule is CC(C)(C)C(=O)C1CC1. The summed E-state index contributed by atoms with van der Waals surface area (Å²) in [6.07, 6.45) is 2.27. The van der Waals surface area contributed by atoms with Gasteiger partial charge in [-0.25, -0.2) is 0 Å². The van der Waals surface area contributed by atoms with Crippen LogP contribution in [-0.2, 0) is 4.79 Å². The van der Waals surface area contributed by atoms with E-state index in [0.717, 1.165) is 12.8 Å². The van der Waals surface area contributed by atoms with E-state index in [1.165, 1.54) is 0 Å². The zero-order chi connectivity index (χ0) is 7.07. The van der Waals surface area contributed by atoms with E-state index in [4.69, 9.17) is 0 Å². The highest BCUT2D eigenvalue weighted by Crippen LogP contribution is 2.36. The Morgan fingerprint density at radius 1 is 1.33 bits per heavy atom. The molecule has 0 aromatic heterocycles. The Kier molecular flexibility index (Phi) is 1.38. The third-order valence-electron chi connectivity index (χ3n) is 1.69. The van der Waals surface area contributed by atoms with Gasteiger partial charge in [-0.2, -0.15) is 0 Å². The van der Waals surface area contributed by atoms with E-state index in [9.17, 15) is 4.79 Å². The first-order valence-electron chi connectivity index (χ1n) is 3.56. The smallest absolute Gasteiger partial charge is 0.141 e. The summed E-state index contributed by atoms with van der Waals surface area (Å²) in [5.41, 5.74) is -0.0961. The van der Waals surface area contributed by atoms with Crippen LogP contribution in [0.5, 0.6) is 0 Å². The Balaban J connectivity index is 2.50. The van der Waals surface area contributed by atoms with Crippen molar-refractivity contribution in [1.82, 2.24) is 0 Å². The molecule has 0 saturated heterocycles. The fourth-order valence-corrected chi connectivity index (χ4v) is 0.958. The van der Waals surface area contributed by atoms with Crippen molar-refractivity contribution in [3.8, 4) is 0 Å². The van der Waals surface area contributed by atoms with Crippen molar-refractivity contribution in [2.75, 3.05) is 0 Å². The number of Topliss-reactive ketones (excluding diaryl/α,β-unsaturated/α-hetero) is 1. The van der Waals surface area contributed by atoms with Crippen LogP contribution in [0.3, 0.4) is 0 Å². The summed E-state index contributed by atoms with van der Waals surface area (Å²) < 4.78 is 0. The molecule has 0 aliphatic heterocycles. The average molecular weight is 126 g/mol. The lowest BCUT2D eigenvalue weighted by atomic mass is 9.88. The van der Waals surface area contributed by atoms with Gasteiger partial charge in [-0.15, -0.1) is 0 Å². The highest BCUT2D eigenvalue weighted by Gasteiger charge is 2.36. The van der Waals surface area contributed by atoms with Gasteiger partial charge in [-0.05, 0) is 12.8 Å². The fraction of sp³-hybridized carbons (Fsp3) is 0.875. The first kappa shape index (κ1) is 6.79. The molecule has 1 aliphatic rings. The number of rotatable bonds is 1. The zero-order valence-corrected chi connectivity index (χ0v) is 6.40. The first-order valence-corrected chi connectivity index (χ1v) is 3.56. The van der Waals surface area contributed by atoms with Crippen LogP contribution in [0.25, 0.3) is 0 Å². The lowest BCUT2D eigenvalue weighted by Crippen LogP contribution is -2.21. The molecule has 1 heteroatoms. The summed E-state index contributed by atoms with van der Waals surface area (Å²) in [4.78, 5) is 11.2. The van der Waals surface area contributed by atoms with E-state index in [-0.39, 0.29) is 5.41 Å². The first-order chi connectivity index (χ1) is 4.02. The summed E-state index contributed by atoms with van der Waals surface area (Å²) >= 11 is 0. The van der Waals surface area contributed by atoms with Crippen LogP contribution in [-0.4, -0.2) is 5.78 Å². The normalized spacial score (nSPS) is 19.9. The molecule has 0 amide bonds. The van der Waals surface area contributed by atoms with Gasteiger partial charge in [-0.1, -0.05) is 20.8 Å². The zero-order valence-electron chi connectivity index (χ0n) is 6.40. The van der Waals surface area contributed by atoms with Gasteiger partial charge in [0.05, 0.1) is 0 Å². The predicted octanol–water partition coefficient (Wildman–Crippen LogP) is 2.01. The molecule has 1 aliphatic carbocycles. The summed E-state index contributed by atoms with van der Waals surface area (Å²) in [6, 6.07) is 0. The third-order valence-corrected chi connectivity index (χ3v) is 1.69. The topological polar surface area (TPSA) is 17.1 Å². The molecular weight excluding hydrogens is 112 g/mol. The lowest BCUT2D eigenvalue weighted by molar-refractivity contribution is -0.127. The summed E-state index contributed by atoms with van der Waals surface area (Å²) in [5, 5.41) is 0. The van der Waals surface area contributed by atoms with Crippen LogP contribution in [0.4, 0.5) is 0 Å². The second-order valence-corrected chi connectivity index (χ2v) is 3.89. The summed E-state index contributed by atoms with van der Waals surface area (Å²) in [6.45, 7) is 5.98. The minimum atomic E-state index is -0.0961. The summed E-state index contributed by atoms with van der Waals surface area (Å²) in [7, 11) is 0. The van der Waals surface area contributed by atoms with E-state index < -0.39 is 0 Å². The van der Waals surface area contributed by atoms with Crippen molar-refractivity contribution in [3.63, 3.8) is 0 Å². The quantitative estimate of drug-likeness (QED) is 0.525. The van der Waals surface area contributed by atoms with E-state index in [2.05, 4.69) is 0 Å². The minimum Gasteiger partial charge on any atom is -0.299 e. The van der Waals surface area contributed by atoms with Crippen LogP contribution < -0.4 is 0 Å². The van der Waals surface area contributed by atoms with Crippen molar-refractivity contribution in [3.05, 3.63) is 0 Å². The minimum absolute atomic E-state index is 0.0961. The van der Waals surface area contributed by atoms with Crippen molar-refractivity contribution in [1.29, 1.82) is 0 Å². The molecule has 0 radical (unpaired) electrons. The van der Waals surface area contributed by atoms with Gasteiger partial charge in [0.2, 0.25) is 0 Å². The number of hydrogen-bond acceptors (Lipinski definition) is 1. The maximum Gasteiger partial charge on any atom is 0.141 e. The maximum atomic E-state index is 11.2. The van der Waals surface area contributed by atoms with Gasteiger partial charge in [0.25, 0.3) is 0 Å². The molecule has 1 fully saturated rings. The van der Waals surface area contributed by atoms with Crippen molar-refractivity contribution in [2.45, 2.75) is 33.6 Å². The molecule has 1 rings (SSSR count). The Morgan fingerprint density at radius 2 is 1.78 bits per heavy atom. The molecule has 0 aromatic carbocycles. The van der Waals surface area contributed by atoms with Crippen LogP contribution in [0, 0.1) is 11.3 Å². The summed E-state index contributed by atoms with van der Waals surface area (Å²) in [5.74, 6) is 0.868. The molecular formula is C8H14O. The second kappa shape index (κ2) is 1.83. The highest BCUT2D eigenvalue weighted by atomic mass is 16.1. The second-order valence-electron chi connectivity index (χ2n) is 3.89. The third kappa shape index (κ3) is 1.54. The van der Waals surface area contributed by atoms with Crippen molar-refractivity contribution in [2.24, 2.45) is 11.3 Å². The van der Waals surface area contributed by atoms with Crippen molar-refractivity contribution < 1.29 is 4.79 Å².